The standard InChI is InChI=1S/C59H36N4S/c1-3-14-37(15-4-1)39-26-28-41(29-27-39)57-60-58(45-22-13-21-42(32-45)38-16-5-2-6-17-38)62-59(61-57)51-36-55-50(47-24-11-12-25-54(47)64-55)35-53(51)63-52-34-44-20-8-7-19-43(44)33-49(52)48-31-30-40-18-9-10-23-46(40)56(48)63/h1-36H. The van der Waals surface area contributed by atoms with Crippen molar-refractivity contribution in [3.63, 3.8) is 0 Å². The summed E-state index contributed by atoms with van der Waals surface area (Å²) in [6.45, 7) is 0. The molecule has 64 heavy (non-hydrogen) atoms. The highest BCUT2D eigenvalue weighted by Crippen LogP contribution is 2.44. The summed E-state index contributed by atoms with van der Waals surface area (Å²) in [6, 6.07) is 78.2. The smallest absolute Gasteiger partial charge is 0.166 e. The second-order valence-corrected chi connectivity index (χ2v) is 17.5. The van der Waals surface area contributed by atoms with Crippen molar-refractivity contribution in [1.29, 1.82) is 0 Å². The minimum Gasteiger partial charge on any atom is -0.308 e. The molecule has 0 radical (unpaired) electrons. The maximum absolute atomic E-state index is 5.47. The van der Waals surface area contributed by atoms with Gasteiger partial charge in [-0.15, -0.1) is 11.3 Å². The van der Waals surface area contributed by atoms with E-state index in [1.165, 1.54) is 52.5 Å². The van der Waals surface area contributed by atoms with E-state index < -0.39 is 0 Å². The maximum atomic E-state index is 5.47. The lowest BCUT2D eigenvalue weighted by Crippen LogP contribution is -2.04. The van der Waals surface area contributed by atoms with E-state index in [-0.39, 0.29) is 0 Å². The van der Waals surface area contributed by atoms with Gasteiger partial charge < -0.3 is 4.57 Å². The third kappa shape index (κ3) is 6.01. The van der Waals surface area contributed by atoms with Gasteiger partial charge in [-0.25, -0.2) is 15.0 Å². The van der Waals surface area contributed by atoms with Crippen LogP contribution in [0.15, 0.2) is 218 Å². The van der Waals surface area contributed by atoms with E-state index in [0.717, 1.165) is 55.7 Å². The van der Waals surface area contributed by atoms with Crippen LogP contribution in [-0.4, -0.2) is 19.5 Å². The van der Waals surface area contributed by atoms with Gasteiger partial charge in [0.05, 0.1) is 16.7 Å². The first kappa shape index (κ1) is 36.4. The van der Waals surface area contributed by atoms with Crippen molar-refractivity contribution in [2.75, 3.05) is 0 Å². The Labute approximate surface area is 373 Å². The predicted octanol–water partition coefficient (Wildman–Crippen LogP) is 16.0. The fourth-order valence-electron chi connectivity index (χ4n) is 9.50. The molecule has 4 nitrogen and oxygen atoms in total. The number of hydrogen-bond acceptors (Lipinski definition) is 4. The van der Waals surface area contributed by atoms with Gasteiger partial charge in [0.25, 0.3) is 0 Å². The van der Waals surface area contributed by atoms with Crippen LogP contribution >= 0.6 is 11.3 Å². The molecule has 0 bridgehead atoms. The van der Waals surface area contributed by atoms with Crippen LogP contribution in [0.1, 0.15) is 0 Å². The lowest BCUT2D eigenvalue weighted by molar-refractivity contribution is 1.07. The molecular weight excluding hydrogens is 797 g/mol. The lowest BCUT2D eigenvalue weighted by atomic mass is 10.0. The summed E-state index contributed by atoms with van der Waals surface area (Å²) in [5.41, 5.74) is 10.6. The molecule has 0 fully saturated rings. The molecule has 0 unspecified atom stereocenters. The average molecular weight is 833 g/mol. The zero-order chi connectivity index (χ0) is 42.1. The van der Waals surface area contributed by atoms with Crippen LogP contribution < -0.4 is 0 Å². The average Bonchev–Trinajstić information content (AvgIpc) is 3.90. The molecule has 0 saturated carbocycles. The maximum Gasteiger partial charge on any atom is 0.166 e. The predicted molar refractivity (Wildman–Crippen MR) is 269 cm³/mol. The minimum atomic E-state index is 0.614. The molecule has 3 aromatic heterocycles. The minimum absolute atomic E-state index is 0.614. The molecule has 13 aromatic rings. The molecule has 0 aliphatic rings. The summed E-state index contributed by atoms with van der Waals surface area (Å²) >= 11 is 1.81. The summed E-state index contributed by atoms with van der Waals surface area (Å²) in [4.78, 5) is 16.2. The Hall–Kier alpha value is -8.25. The van der Waals surface area contributed by atoms with Gasteiger partial charge in [0.1, 0.15) is 0 Å². The summed E-state index contributed by atoms with van der Waals surface area (Å²) in [5, 5.41) is 9.63. The Balaban J connectivity index is 1.13. The molecule has 0 N–H and O–H groups in total. The summed E-state index contributed by atoms with van der Waals surface area (Å²) in [5.74, 6) is 1.85. The first-order chi connectivity index (χ1) is 31.7. The van der Waals surface area contributed by atoms with E-state index in [0.29, 0.717) is 17.5 Å². The van der Waals surface area contributed by atoms with Crippen LogP contribution in [0.2, 0.25) is 0 Å². The number of hydrogen-bond donors (Lipinski definition) is 0. The first-order valence-corrected chi connectivity index (χ1v) is 22.4. The van der Waals surface area contributed by atoms with E-state index in [9.17, 15) is 0 Å². The molecule has 13 rings (SSSR count). The van der Waals surface area contributed by atoms with Gasteiger partial charge in [-0.05, 0) is 74.8 Å². The molecule has 0 spiro atoms. The Kier molecular flexibility index (Phi) is 8.36. The van der Waals surface area contributed by atoms with Crippen LogP contribution in [0.25, 0.3) is 126 Å². The zero-order valence-electron chi connectivity index (χ0n) is 34.5. The number of thiophene rings is 1. The van der Waals surface area contributed by atoms with E-state index in [4.69, 9.17) is 15.0 Å². The fourth-order valence-corrected chi connectivity index (χ4v) is 10.6. The number of fused-ring (bicyclic) bond motifs is 9. The highest BCUT2D eigenvalue weighted by atomic mass is 32.1. The highest BCUT2D eigenvalue weighted by molar-refractivity contribution is 7.25. The van der Waals surface area contributed by atoms with Crippen molar-refractivity contribution in [2.24, 2.45) is 0 Å². The van der Waals surface area contributed by atoms with Gasteiger partial charge in [-0.3, -0.25) is 0 Å². The third-order valence-electron chi connectivity index (χ3n) is 12.6. The SMILES string of the molecule is c1ccc(-c2ccc(-c3nc(-c4cccc(-c5ccccc5)c4)nc(-c4cc5sc6ccccc6c5cc4-n4c5cc6ccccc6cc5c5ccc6ccccc6c54)n3)cc2)cc1. The molecule has 0 saturated heterocycles. The molecule has 298 valence electrons. The first-order valence-electron chi connectivity index (χ1n) is 21.6. The fraction of sp³-hybridized carbons (Fsp3) is 0. The van der Waals surface area contributed by atoms with Crippen LogP contribution in [0.4, 0.5) is 0 Å². The Morgan fingerprint density at radius 2 is 0.891 bits per heavy atom. The van der Waals surface area contributed by atoms with Crippen molar-refractivity contribution in [3.8, 4) is 62.1 Å². The Morgan fingerprint density at radius 1 is 0.312 bits per heavy atom. The van der Waals surface area contributed by atoms with Gasteiger partial charge in [0, 0.05) is 53.0 Å². The van der Waals surface area contributed by atoms with Crippen LogP contribution in [-0.2, 0) is 0 Å². The molecule has 5 heteroatoms. The van der Waals surface area contributed by atoms with Gasteiger partial charge in [-0.2, -0.15) is 0 Å². The second-order valence-electron chi connectivity index (χ2n) is 16.4. The zero-order valence-corrected chi connectivity index (χ0v) is 35.3. The summed E-state index contributed by atoms with van der Waals surface area (Å²) < 4.78 is 4.90. The number of benzene rings is 10. The highest BCUT2D eigenvalue weighted by Gasteiger charge is 2.23. The van der Waals surface area contributed by atoms with Crippen LogP contribution in [0, 0.1) is 0 Å². The monoisotopic (exact) mass is 832 g/mol. The van der Waals surface area contributed by atoms with Crippen molar-refractivity contribution < 1.29 is 0 Å². The largest absolute Gasteiger partial charge is 0.308 e. The van der Waals surface area contributed by atoms with E-state index in [1.54, 1.807) is 0 Å². The summed E-state index contributed by atoms with van der Waals surface area (Å²) in [6.07, 6.45) is 0. The van der Waals surface area contributed by atoms with Gasteiger partial charge in [0.15, 0.2) is 17.5 Å². The topological polar surface area (TPSA) is 43.6 Å². The van der Waals surface area contributed by atoms with Crippen LogP contribution in [0.3, 0.4) is 0 Å². The van der Waals surface area contributed by atoms with E-state index in [1.807, 2.05) is 23.5 Å². The van der Waals surface area contributed by atoms with Crippen molar-refractivity contribution in [2.45, 2.75) is 0 Å². The summed E-state index contributed by atoms with van der Waals surface area (Å²) in [7, 11) is 0. The van der Waals surface area contributed by atoms with Gasteiger partial charge in [0.2, 0.25) is 0 Å². The van der Waals surface area contributed by atoms with Crippen molar-refractivity contribution in [1.82, 2.24) is 19.5 Å². The van der Waals surface area contributed by atoms with Crippen molar-refractivity contribution in [3.05, 3.63) is 218 Å². The molecule has 10 aromatic carbocycles. The van der Waals surface area contributed by atoms with E-state index in [2.05, 4.69) is 211 Å². The molecule has 3 heterocycles. The molecule has 0 aliphatic carbocycles. The third-order valence-corrected chi connectivity index (χ3v) is 13.7. The van der Waals surface area contributed by atoms with Gasteiger partial charge >= 0.3 is 0 Å². The van der Waals surface area contributed by atoms with Crippen LogP contribution in [0.5, 0.6) is 0 Å². The Morgan fingerprint density at radius 3 is 1.67 bits per heavy atom. The lowest BCUT2D eigenvalue weighted by Gasteiger charge is -2.16. The molecular formula is C59H36N4S. The number of rotatable bonds is 6. The normalized spacial score (nSPS) is 11.8. The second kappa shape index (κ2) is 14.7. The molecule has 0 atom stereocenters. The number of nitrogens with zero attached hydrogens (tertiary/aromatic N) is 4. The quantitative estimate of drug-likeness (QED) is 0.168. The number of aromatic nitrogens is 4. The van der Waals surface area contributed by atoms with Crippen molar-refractivity contribution >= 4 is 74.9 Å². The molecule has 0 aliphatic heterocycles. The van der Waals surface area contributed by atoms with E-state index >= 15 is 0 Å². The Bertz CT molecular complexity index is 3940. The van der Waals surface area contributed by atoms with Gasteiger partial charge in [-0.1, -0.05) is 182 Å². The molecule has 0 amide bonds.